The van der Waals surface area contributed by atoms with Gasteiger partial charge in [-0.05, 0) is 47.9 Å². The third kappa shape index (κ3) is 4.32. The van der Waals surface area contributed by atoms with Crippen molar-refractivity contribution in [2.24, 2.45) is 5.73 Å². The van der Waals surface area contributed by atoms with E-state index in [1.165, 1.54) is 0 Å². The van der Waals surface area contributed by atoms with Crippen molar-refractivity contribution in [3.8, 4) is 0 Å². The van der Waals surface area contributed by atoms with E-state index < -0.39 is 9.84 Å². The predicted octanol–water partition coefficient (Wildman–Crippen LogP) is 2.61. The number of carbonyl (C=O) groups excluding carboxylic acids is 1. The van der Waals surface area contributed by atoms with E-state index in [0.29, 0.717) is 18.1 Å². The Morgan fingerprint density at radius 1 is 1.12 bits per heavy atom. The van der Waals surface area contributed by atoms with Gasteiger partial charge in [0, 0.05) is 30.6 Å². The normalized spacial score (nSPS) is 16.3. The predicted molar refractivity (Wildman–Crippen MR) is 99.4 cm³/mol. The Morgan fingerprint density at radius 3 is 2.48 bits per heavy atom. The van der Waals surface area contributed by atoms with Gasteiger partial charge in [-0.3, -0.25) is 4.79 Å². The van der Waals surface area contributed by atoms with Crippen molar-refractivity contribution in [3.63, 3.8) is 0 Å². The van der Waals surface area contributed by atoms with Crippen LogP contribution in [0.5, 0.6) is 0 Å². The molecule has 2 N–H and O–H groups in total. The van der Waals surface area contributed by atoms with E-state index in [9.17, 15) is 13.2 Å². The maximum atomic E-state index is 12.6. The van der Waals surface area contributed by atoms with Crippen molar-refractivity contribution >= 4 is 38.1 Å². The fraction of sp³-hybridized carbons (Fsp3) is 0.389. The molecule has 1 saturated heterocycles. The van der Waals surface area contributed by atoms with Gasteiger partial charge in [-0.25, -0.2) is 8.42 Å². The van der Waals surface area contributed by atoms with E-state index in [-0.39, 0.29) is 29.0 Å². The lowest BCUT2D eigenvalue weighted by molar-refractivity contribution is -0.131. The first-order valence-corrected chi connectivity index (χ1v) is 10.3. The molecule has 25 heavy (non-hydrogen) atoms. The average molecular weight is 381 g/mol. The molecule has 2 aromatic carbocycles. The van der Waals surface area contributed by atoms with Crippen molar-refractivity contribution in [1.29, 1.82) is 0 Å². The summed E-state index contributed by atoms with van der Waals surface area (Å²) in [6.07, 6.45) is 1.54. The Balaban J connectivity index is 1.69. The number of halogens is 1. The number of carbonyl (C=O) groups is 1. The van der Waals surface area contributed by atoms with Crippen LogP contribution in [0.2, 0.25) is 5.02 Å². The first kappa shape index (κ1) is 18.2. The molecule has 1 aliphatic heterocycles. The number of piperidine rings is 1. The highest BCUT2D eigenvalue weighted by atomic mass is 35.5. The Kier molecular flexibility index (Phi) is 5.32. The van der Waals surface area contributed by atoms with E-state index in [2.05, 4.69) is 0 Å². The highest BCUT2D eigenvalue weighted by molar-refractivity contribution is 7.91. The number of sulfone groups is 1. The van der Waals surface area contributed by atoms with Crippen LogP contribution in [-0.4, -0.2) is 44.1 Å². The summed E-state index contributed by atoms with van der Waals surface area (Å²) in [7, 11) is -3.51. The highest BCUT2D eigenvalue weighted by Crippen LogP contribution is 2.23. The molecule has 0 atom stereocenters. The van der Waals surface area contributed by atoms with Crippen LogP contribution in [0.1, 0.15) is 19.3 Å². The van der Waals surface area contributed by atoms with Crippen LogP contribution in [0, 0.1) is 0 Å². The SMILES string of the molecule is NC1CCN(C(=O)CCS(=O)(=O)c2ccc3cc(Cl)ccc3c2)CC1. The molecule has 0 radical (unpaired) electrons. The number of hydrogen-bond donors (Lipinski definition) is 1. The van der Waals surface area contributed by atoms with Crippen LogP contribution in [0.3, 0.4) is 0 Å². The number of nitrogens with zero attached hydrogens (tertiary/aromatic N) is 1. The van der Waals surface area contributed by atoms with E-state index >= 15 is 0 Å². The molecular weight excluding hydrogens is 360 g/mol. The molecule has 1 aliphatic rings. The summed E-state index contributed by atoms with van der Waals surface area (Å²) in [5.41, 5.74) is 5.83. The van der Waals surface area contributed by atoms with Gasteiger partial charge in [0.1, 0.15) is 0 Å². The molecule has 7 heteroatoms. The zero-order valence-electron chi connectivity index (χ0n) is 13.8. The fourth-order valence-corrected chi connectivity index (χ4v) is 4.48. The van der Waals surface area contributed by atoms with Crippen molar-refractivity contribution < 1.29 is 13.2 Å². The number of benzene rings is 2. The lowest BCUT2D eigenvalue weighted by atomic mass is 10.1. The molecule has 0 bridgehead atoms. The van der Waals surface area contributed by atoms with E-state index in [1.807, 2.05) is 0 Å². The molecule has 0 saturated carbocycles. The second-order valence-electron chi connectivity index (χ2n) is 6.44. The number of rotatable bonds is 4. The van der Waals surface area contributed by atoms with E-state index in [0.717, 1.165) is 23.6 Å². The lowest BCUT2D eigenvalue weighted by Gasteiger charge is -2.30. The van der Waals surface area contributed by atoms with Crippen LogP contribution in [0.25, 0.3) is 10.8 Å². The minimum Gasteiger partial charge on any atom is -0.343 e. The summed E-state index contributed by atoms with van der Waals surface area (Å²) in [5.74, 6) is -0.309. The minimum atomic E-state index is -3.51. The summed E-state index contributed by atoms with van der Waals surface area (Å²) in [6, 6.07) is 10.4. The Labute approximate surface area is 152 Å². The van der Waals surface area contributed by atoms with Gasteiger partial charge in [0.25, 0.3) is 0 Å². The molecule has 0 aromatic heterocycles. The summed E-state index contributed by atoms with van der Waals surface area (Å²) >= 11 is 5.95. The zero-order chi connectivity index (χ0) is 18.0. The van der Waals surface area contributed by atoms with Crippen LogP contribution in [0.4, 0.5) is 0 Å². The number of fused-ring (bicyclic) bond motifs is 1. The van der Waals surface area contributed by atoms with Gasteiger partial charge in [-0.1, -0.05) is 23.7 Å². The fourth-order valence-electron chi connectivity index (χ4n) is 3.03. The Morgan fingerprint density at radius 2 is 1.76 bits per heavy atom. The van der Waals surface area contributed by atoms with E-state index in [1.54, 1.807) is 41.3 Å². The largest absolute Gasteiger partial charge is 0.343 e. The molecule has 5 nitrogen and oxygen atoms in total. The van der Waals surface area contributed by atoms with Crippen molar-refractivity contribution in [2.75, 3.05) is 18.8 Å². The van der Waals surface area contributed by atoms with Crippen molar-refractivity contribution in [3.05, 3.63) is 41.4 Å². The molecule has 1 fully saturated rings. The topological polar surface area (TPSA) is 80.5 Å². The van der Waals surface area contributed by atoms with Gasteiger partial charge in [-0.15, -0.1) is 0 Å². The zero-order valence-corrected chi connectivity index (χ0v) is 15.4. The van der Waals surface area contributed by atoms with Crippen LogP contribution >= 0.6 is 11.6 Å². The standard InChI is InChI=1S/C18H21ClN2O3S/c19-15-3-1-14-12-17(4-2-13(14)11-15)25(23,24)10-7-18(22)21-8-5-16(20)6-9-21/h1-4,11-12,16H,5-10,20H2. The summed E-state index contributed by atoms with van der Waals surface area (Å²) in [4.78, 5) is 14.2. The monoisotopic (exact) mass is 380 g/mol. The number of nitrogens with two attached hydrogens (primary N) is 1. The van der Waals surface area contributed by atoms with E-state index in [4.69, 9.17) is 17.3 Å². The molecular formula is C18H21ClN2O3S. The molecule has 0 unspecified atom stereocenters. The Bertz CT molecular complexity index is 890. The van der Waals surface area contributed by atoms with Crippen LogP contribution in [0.15, 0.2) is 41.3 Å². The molecule has 2 aromatic rings. The average Bonchev–Trinajstić information content (AvgIpc) is 2.60. The Hall–Kier alpha value is -1.63. The second kappa shape index (κ2) is 7.32. The van der Waals surface area contributed by atoms with Crippen molar-refractivity contribution in [1.82, 2.24) is 4.90 Å². The van der Waals surface area contributed by atoms with Crippen LogP contribution in [-0.2, 0) is 14.6 Å². The van der Waals surface area contributed by atoms with Gasteiger partial charge in [0.05, 0.1) is 10.6 Å². The molecule has 1 amide bonds. The molecule has 3 rings (SSSR count). The molecule has 134 valence electrons. The highest BCUT2D eigenvalue weighted by Gasteiger charge is 2.23. The minimum absolute atomic E-state index is 0.00374. The smallest absolute Gasteiger partial charge is 0.223 e. The maximum Gasteiger partial charge on any atom is 0.223 e. The summed E-state index contributed by atoms with van der Waals surface area (Å²) in [6.45, 7) is 1.22. The number of amides is 1. The molecule has 1 heterocycles. The van der Waals surface area contributed by atoms with Gasteiger partial charge in [-0.2, -0.15) is 0 Å². The second-order valence-corrected chi connectivity index (χ2v) is 8.99. The first-order valence-electron chi connectivity index (χ1n) is 8.30. The van der Waals surface area contributed by atoms with Gasteiger partial charge < -0.3 is 10.6 Å². The van der Waals surface area contributed by atoms with Crippen LogP contribution < -0.4 is 5.73 Å². The van der Waals surface area contributed by atoms with Gasteiger partial charge in [0.15, 0.2) is 9.84 Å². The molecule has 0 aliphatic carbocycles. The quantitative estimate of drug-likeness (QED) is 0.884. The first-order chi connectivity index (χ1) is 11.8. The van der Waals surface area contributed by atoms with Gasteiger partial charge in [0.2, 0.25) is 5.91 Å². The van der Waals surface area contributed by atoms with Crippen molar-refractivity contribution in [2.45, 2.75) is 30.2 Å². The molecule has 0 spiro atoms. The third-order valence-electron chi connectivity index (χ3n) is 4.61. The van der Waals surface area contributed by atoms with Gasteiger partial charge >= 0.3 is 0 Å². The maximum absolute atomic E-state index is 12.6. The third-order valence-corrected chi connectivity index (χ3v) is 6.56. The summed E-state index contributed by atoms with van der Waals surface area (Å²) in [5, 5.41) is 2.30. The summed E-state index contributed by atoms with van der Waals surface area (Å²) < 4.78 is 25.1. The lowest BCUT2D eigenvalue weighted by Crippen LogP contribution is -2.43. The number of hydrogen-bond acceptors (Lipinski definition) is 4. The number of likely N-dealkylation sites (tertiary alicyclic amines) is 1.